The first-order valence-electron chi connectivity index (χ1n) is 2.60. The molecule has 0 bridgehead atoms. The molecule has 1 aromatic rings. The van der Waals surface area contributed by atoms with Crippen LogP contribution >= 0.6 is 0 Å². The lowest BCUT2D eigenvalue weighted by Crippen LogP contribution is -2.28. The van der Waals surface area contributed by atoms with Crippen molar-refractivity contribution in [2.75, 3.05) is 0 Å². The van der Waals surface area contributed by atoms with Gasteiger partial charge in [0.2, 0.25) is 0 Å². The van der Waals surface area contributed by atoms with E-state index in [2.05, 4.69) is 4.52 Å². The molecule has 1 rings (SSSR count). The lowest BCUT2D eigenvalue weighted by molar-refractivity contribution is 0.217. The van der Waals surface area contributed by atoms with Crippen LogP contribution in [0.3, 0.4) is 0 Å². The molecule has 0 aliphatic heterocycles. The lowest BCUT2D eigenvalue weighted by atomic mass is 10.4. The van der Waals surface area contributed by atoms with Gasteiger partial charge in [0.05, 0.1) is 5.56 Å². The average molecular weight is 142 g/mol. The van der Waals surface area contributed by atoms with E-state index < -0.39 is 11.6 Å². The molecular formula is C5H6N2O3. The van der Waals surface area contributed by atoms with Crippen LogP contribution in [-0.2, 0) is 0 Å². The first-order chi connectivity index (χ1) is 4.63. The fourth-order valence-corrected chi connectivity index (χ4v) is 0.542. The van der Waals surface area contributed by atoms with E-state index in [0.29, 0.717) is 10.3 Å². The Bertz CT molecular complexity index is 309. The summed E-state index contributed by atoms with van der Waals surface area (Å²) in [6.07, 6.45) is 1.17. The van der Waals surface area contributed by atoms with E-state index in [1.165, 1.54) is 13.2 Å². The number of carbonyl (C=O) groups is 1. The summed E-state index contributed by atoms with van der Waals surface area (Å²) in [5.74, 6) is 0. The van der Waals surface area contributed by atoms with E-state index in [-0.39, 0.29) is 0 Å². The van der Waals surface area contributed by atoms with Crippen LogP contribution in [0.15, 0.2) is 15.6 Å². The molecule has 0 saturated heterocycles. The molecule has 54 valence electrons. The maximum absolute atomic E-state index is 10.8. The molecule has 0 aliphatic carbocycles. The first kappa shape index (κ1) is 6.60. The van der Waals surface area contributed by atoms with Crippen LogP contribution in [0.5, 0.6) is 0 Å². The molecule has 5 nitrogen and oxygen atoms in total. The largest absolute Gasteiger partial charge is 0.375 e. The Morgan fingerprint density at radius 2 is 2.40 bits per heavy atom. The minimum Gasteiger partial charge on any atom is -0.375 e. The van der Waals surface area contributed by atoms with E-state index in [9.17, 15) is 9.59 Å². The fourth-order valence-electron chi connectivity index (χ4n) is 0.542. The van der Waals surface area contributed by atoms with Gasteiger partial charge < -0.3 is 10.3 Å². The summed E-state index contributed by atoms with van der Waals surface area (Å²) in [7, 11) is 0. The molecule has 0 aliphatic rings. The molecule has 5 heteroatoms. The van der Waals surface area contributed by atoms with Crippen molar-refractivity contribution in [3.05, 3.63) is 22.2 Å². The lowest BCUT2D eigenvalue weighted by Gasteiger charge is -1.86. The Labute approximate surface area is 56.0 Å². The summed E-state index contributed by atoms with van der Waals surface area (Å²) >= 11 is 0. The Hall–Kier alpha value is -1.52. The summed E-state index contributed by atoms with van der Waals surface area (Å²) in [5, 5.41) is 0. The zero-order chi connectivity index (χ0) is 7.72. The SMILES string of the molecule is Cc1con(C(N)=O)c1=O. The number of amides is 1. The normalized spacial score (nSPS) is 9.70. The second kappa shape index (κ2) is 2.02. The molecule has 0 unspecified atom stereocenters. The van der Waals surface area contributed by atoms with Crippen LogP contribution in [0.1, 0.15) is 5.56 Å². The molecule has 10 heavy (non-hydrogen) atoms. The molecule has 0 spiro atoms. The van der Waals surface area contributed by atoms with Gasteiger partial charge in [-0.25, -0.2) is 4.79 Å². The van der Waals surface area contributed by atoms with Crippen molar-refractivity contribution in [2.24, 2.45) is 5.73 Å². The van der Waals surface area contributed by atoms with Crippen molar-refractivity contribution in [1.29, 1.82) is 0 Å². The molecule has 0 saturated carbocycles. The second-order valence-corrected chi connectivity index (χ2v) is 1.84. The molecule has 1 heterocycles. The summed E-state index contributed by atoms with van der Waals surface area (Å²) < 4.78 is 4.98. The third-order valence-corrected chi connectivity index (χ3v) is 1.06. The van der Waals surface area contributed by atoms with Gasteiger partial charge in [-0.15, -0.1) is 0 Å². The molecular weight excluding hydrogens is 136 g/mol. The summed E-state index contributed by atoms with van der Waals surface area (Å²) in [6.45, 7) is 1.53. The predicted octanol–water partition coefficient (Wildman–Crippen LogP) is -0.323. The van der Waals surface area contributed by atoms with Crippen LogP contribution in [0, 0.1) is 6.92 Å². The number of carbonyl (C=O) groups excluding carboxylic acids is 1. The highest BCUT2D eigenvalue weighted by atomic mass is 16.5. The molecule has 0 fully saturated rings. The van der Waals surface area contributed by atoms with Gasteiger partial charge in [0.1, 0.15) is 6.26 Å². The quantitative estimate of drug-likeness (QED) is 0.539. The van der Waals surface area contributed by atoms with Gasteiger partial charge in [-0.05, 0) is 6.92 Å². The number of nitrogens with two attached hydrogens (primary N) is 1. The van der Waals surface area contributed by atoms with Crippen LogP contribution < -0.4 is 11.3 Å². The number of aryl methyl sites for hydroxylation is 1. The maximum atomic E-state index is 10.8. The highest BCUT2D eigenvalue weighted by Gasteiger charge is 2.06. The third-order valence-electron chi connectivity index (χ3n) is 1.06. The molecule has 1 aromatic heterocycles. The Kier molecular flexibility index (Phi) is 1.33. The van der Waals surface area contributed by atoms with Crippen molar-refractivity contribution >= 4 is 6.03 Å². The maximum Gasteiger partial charge on any atom is 0.355 e. The number of hydrogen-bond donors (Lipinski definition) is 1. The van der Waals surface area contributed by atoms with Crippen LogP contribution in [0.2, 0.25) is 0 Å². The fraction of sp³-hybridized carbons (Fsp3) is 0.200. The smallest absolute Gasteiger partial charge is 0.355 e. The molecule has 0 radical (unpaired) electrons. The van der Waals surface area contributed by atoms with Crippen molar-refractivity contribution in [3.8, 4) is 0 Å². The standard InChI is InChI=1S/C5H6N2O3/c1-3-2-10-7(4(3)8)5(6)9/h2H,1H3,(H2,6,9). The highest BCUT2D eigenvalue weighted by Crippen LogP contribution is 1.87. The van der Waals surface area contributed by atoms with Crippen LogP contribution in [0.4, 0.5) is 4.79 Å². The Balaban J connectivity index is 3.32. The van der Waals surface area contributed by atoms with E-state index in [1.54, 1.807) is 0 Å². The van der Waals surface area contributed by atoms with Crippen molar-refractivity contribution < 1.29 is 9.32 Å². The number of primary amides is 1. The summed E-state index contributed by atoms with van der Waals surface area (Å²) in [5.41, 5.74) is 4.61. The van der Waals surface area contributed by atoms with Gasteiger partial charge in [-0.3, -0.25) is 4.79 Å². The van der Waals surface area contributed by atoms with E-state index in [1.807, 2.05) is 0 Å². The molecule has 1 amide bonds. The van der Waals surface area contributed by atoms with Gasteiger partial charge in [0.25, 0.3) is 5.56 Å². The first-order valence-corrected chi connectivity index (χ1v) is 2.60. The number of hydrogen-bond acceptors (Lipinski definition) is 3. The molecule has 0 atom stereocenters. The van der Waals surface area contributed by atoms with Crippen molar-refractivity contribution in [3.63, 3.8) is 0 Å². The zero-order valence-corrected chi connectivity index (χ0v) is 5.33. The van der Waals surface area contributed by atoms with Crippen molar-refractivity contribution in [2.45, 2.75) is 6.92 Å². The van der Waals surface area contributed by atoms with Crippen molar-refractivity contribution in [1.82, 2.24) is 4.74 Å². The summed E-state index contributed by atoms with van der Waals surface area (Å²) in [6, 6.07) is -0.905. The van der Waals surface area contributed by atoms with E-state index in [4.69, 9.17) is 5.73 Å². The highest BCUT2D eigenvalue weighted by molar-refractivity contribution is 5.72. The topological polar surface area (TPSA) is 78.2 Å². The second-order valence-electron chi connectivity index (χ2n) is 1.84. The van der Waals surface area contributed by atoms with Gasteiger partial charge in [0, 0.05) is 0 Å². The number of rotatable bonds is 0. The zero-order valence-electron chi connectivity index (χ0n) is 5.33. The van der Waals surface area contributed by atoms with Gasteiger partial charge in [-0.1, -0.05) is 4.74 Å². The minimum absolute atomic E-state index is 0.360. The molecule has 0 aromatic carbocycles. The third kappa shape index (κ3) is 0.812. The van der Waals surface area contributed by atoms with Crippen LogP contribution in [0.25, 0.3) is 0 Å². The number of nitrogens with zero attached hydrogens (tertiary/aromatic N) is 1. The Morgan fingerprint density at radius 1 is 1.80 bits per heavy atom. The van der Waals surface area contributed by atoms with Gasteiger partial charge >= 0.3 is 6.03 Å². The predicted molar refractivity (Wildman–Crippen MR) is 32.7 cm³/mol. The van der Waals surface area contributed by atoms with Gasteiger partial charge in [-0.2, -0.15) is 0 Å². The van der Waals surface area contributed by atoms with E-state index >= 15 is 0 Å². The Morgan fingerprint density at radius 3 is 2.60 bits per heavy atom. The average Bonchev–Trinajstić information content (AvgIpc) is 2.14. The minimum atomic E-state index is -0.905. The van der Waals surface area contributed by atoms with Crippen LogP contribution in [-0.4, -0.2) is 10.8 Å². The monoisotopic (exact) mass is 142 g/mol. The summed E-state index contributed by atoms with van der Waals surface area (Å²) in [4.78, 5) is 21.1. The number of aromatic nitrogens is 1. The van der Waals surface area contributed by atoms with E-state index in [0.717, 1.165) is 0 Å². The van der Waals surface area contributed by atoms with Gasteiger partial charge in [0.15, 0.2) is 0 Å². The molecule has 2 N–H and O–H groups in total.